The summed E-state index contributed by atoms with van der Waals surface area (Å²) < 4.78 is 0. The van der Waals surface area contributed by atoms with Crippen LogP contribution in [-0.4, -0.2) is 49.6 Å². The quantitative estimate of drug-likeness (QED) is 0.804. The number of carbonyl (C=O) groups is 1. The monoisotopic (exact) mass is 339 g/mol. The number of rotatable bonds is 5. The second-order valence-corrected chi connectivity index (χ2v) is 6.52. The lowest BCUT2D eigenvalue weighted by Gasteiger charge is -2.36. The van der Waals surface area contributed by atoms with E-state index in [4.69, 9.17) is 0 Å². The smallest absolute Gasteiger partial charge is 0.223 e. The van der Waals surface area contributed by atoms with Crippen molar-refractivity contribution in [1.82, 2.24) is 15.5 Å². The van der Waals surface area contributed by atoms with Crippen LogP contribution in [0.4, 0.5) is 0 Å². The lowest BCUT2D eigenvalue weighted by atomic mass is 9.88. The molecule has 1 amide bonds. The molecule has 126 valence electrons. The average Bonchev–Trinajstić information content (AvgIpc) is 2.34. The zero-order chi connectivity index (χ0) is 13.8. The molecule has 2 rings (SSSR count). The van der Waals surface area contributed by atoms with Crippen molar-refractivity contribution in [3.8, 4) is 0 Å². The van der Waals surface area contributed by atoms with Gasteiger partial charge in [-0.3, -0.25) is 9.69 Å². The van der Waals surface area contributed by atoms with Crippen molar-refractivity contribution >= 4 is 30.7 Å². The van der Waals surface area contributed by atoms with Crippen molar-refractivity contribution in [3.05, 3.63) is 0 Å². The maximum absolute atomic E-state index is 12.1. The first-order valence-electron chi connectivity index (χ1n) is 7.80. The first-order chi connectivity index (χ1) is 9.08. The number of likely N-dealkylation sites (tertiary alicyclic amines) is 1. The number of halogens is 2. The van der Waals surface area contributed by atoms with Crippen molar-refractivity contribution in [2.24, 2.45) is 17.8 Å². The van der Waals surface area contributed by atoms with Gasteiger partial charge in [-0.25, -0.2) is 0 Å². The topological polar surface area (TPSA) is 44.4 Å². The van der Waals surface area contributed by atoms with Crippen LogP contribution < -0.4 is 10.6 Å². The lowest BCUT2D eigenvalue weighted by Crippen LogP contribution is -2.51. The van der Waals surface area contributed by atoms with E-state index >= 15 is 0 Å². The van der Waals surface area contributed by atoms with E-state index < -0.39 is 0 Å². The summed E-state index contributed by atoms with van der Waals surface area (Å²) in [6, 6.07) is 0.461. The Balaban J connectivity index is 0.00000200. The highest BCUT2D eigenvalue weighted by Gasteiger charge is 2.29. The van der Waals surface area contributed by atoms with Crippen molar-refractivity contribution in [3.63, 3.8) is 0 Å². The molecular formula is C15H31Cl2N3O. The molecule has 0 aromatic heterocycles. The number of piperidine rings is 1. The van der Waals surface area contributed by atoms with E-state index in [0.29, 0.717) is 12.0 Å². The van der Waals surface area contributed by atoms with Gasteiger partial charge in [-0.05, 0) is 57.8 Å². The summed E-state index contributed by atoms with van der Waals surface area (Å²) in [5.74, 6) is 1.77. The molecule has 0 radical (unpaired) electrons. The highest BCUT2D eigenvalue weighted by atomic mass is 35.5. The van der Waals surface area contributed by atoms with Gasteiger partial charge < -0.3 is 10.6 Å². The molecular weight excluding hydrogens is 309 g/mol. The highest BCUT2D eigenvalue weighted by molar-refractivity contribution is 5.85. The van der Waals surface area contributed by atoms with Crippen molar-refractivity contribution in [2.75, 3.05) is 32.7 Å². The third kappa shape index (κ3) is 5.93. The van der Waals surface area contributed by atoms with E-state index in [2.05, 4.69) is 29.4 Å². The first kappa shape index (κ1) is 21.0. The number of nitrogens with zero attached hydrogens (tertiary/aromatic N) is 1. The van der Waals surface area contributed by atoms with Gasteiger partial charge >= 0.3 is 0 Å². The molecule has 2 saturated heterocycles. The lowest BCUT2D eigenvalue weighted by molar-refractivity contribution is -0.126. The molecule has 6 heteroatoms. The zero-order valence-electron chi connectivity index (χ0n) is 13.4. The van der Waals surface area contributed by atoms with Gasteiger partial charge in [-0.15, -0.1) is 24.8 Å². The van der Waals surface area contributed by atoms with Crippen molar-refractivity contribution in [2.45, 2.75) is 39.7 Å². The molecule has 2 heterocycles. The molecule has 0 bridgehead atoms. The number of amides is 1. The largest absolute Gasteiger partial charge is 0.354 e. The fourth-order valence-electron chi connectivity index (χ4n) is 2.89. The number of carbonyl (C=O) groups excluding carboxylic acids is 1. The predicted molar refractivity (Wildman–Crippen MR) is 92.5 cm³/mol. The SMILES string of the molecule is CC1CCN(C(C)CNC(=O)C(C)C2CNC2)CC1.Cl.Cl. The minimum atomic E-state index is 0. The van der Waals surface area contributed by atoms with E-state index in [9.17, 15) is 4.79 Å². The summed E-state index contributed by atoms with van der Waals surface area (Å²) in [4.78, 5) is 14.6. The van der Waals surface area contributed by atoms with Gasteiger partial charge in [0.05, 0.1) is 0 Å². The van der Waals surface area contributed by atoms with E-state index in [1.54, 1.807) is 0 Å². The molecule has 2 atom stereocenters. The van der Waals surface area contributed by atoms with E-state index in [1.807, 2.05) is 6.92 Å². The normalized spacial score (nSPS) is 23.2. The van der Waals surface area contributed by atoms with Gasteiger partial charge in [0.15, 0.2) is 0 Å². The van der Waals surface area contributed by atoms with E-state index in [1.165, 1.54) is 25.9 Å². The summed E-state index contributed by atoms with van der Waals surface area (Å²) in [6.45, 7) is 11.7. The first-order valence-corrected chi connectivity index (χ1v) is 7.80. The Bertz CT molecular complexity index is 305. The van der Waals surface area contributed by atoms with E-state index in [0.717, 1.165) is 25.6 Å². The molecule has 2 aliphatic heterocycles. The second kappa shape index (κ2) is 9.88. The standard InChI is InChI=1S/C15H29N3O.2ClH/c1-11-4-6-18(7-5-11)12(2)8-17-15(19)13(3)14-9-16-10-14;;/h11-14,16H,4-10H2,1-3H3,(H,17,19);2*1H. The van der Waals surface area contributed by atoms with Gasteiger partial charge in [-0.1, -0.05) is 13.8 Å². The highest BCUT2D eigenvalue weighted by Crippen LogP contribution is 2.18. The molecule has 4 nitrogen and oxygen atoms in total. The molecule has 21 heavy (non-hydrogen) atoms. The molecule has 2 N–H and O–H groups in total. The van der Waals surface area contributed by atoms with E-state index in [-0.39, 0.29) is 36.6 Å². The van der Waals surface area contributed by atoms with Crippen LogP contribution in [0.2, 0.25) is 0 Å². The minimum Gasteiger partial charge on any atom is -0.354 e. The summed E-state index contributed by atoms with van der Waals surface area (Å²) in [6.07, 6.45) is 2.59. The third-order valence-electron chi connectivity index (χ3n) is 4.95. The molecule has 0 spiro atoms. The third-order valence-corrected chi connectivity index (χ3v) is 4.95. The predicted octanol–water partition coefficient (Wildman–Crippen LogP) is 1.92. The minimum absolute atomic E-state index is 0. The van der Waals surface area contributed by atoms with Crippen molar-refractivity contribution in [1.29, 1.82) is 0 Å². The Hall–Kier alpha value is -0.0300. The number of hydrogen-bond acceptors (Lipinski definition) is 3. The molecule has 0 aromatic rings. The van der Waals surface area contributed by atoms with Gasteiger partial charge in [0.25, 0.3) is 0 Å². The summed E-state index contributed by atoms with van der Waals surface area (Å²) >= 11 is 0. The Labute approximate surface area is 141 Å². The number of hydrogen-bond donors (Lipinski definition) is 2. The van der Waals surface area contributed by atoms with Crippen LogP contribution in [0, 0.1) is 17.8 Å². The van der Waals surface area contributed by atoms with Gasteiger partial charge in [-0.2, -0.15) is 0 Å². The summed E-state index contributed by atoms with van der Waals surface area (Å²) in [7, 11) is 0. The maximum atomic E-state index is 12.1. The average molecular weight is 340 g/mol. The Morgan fingerprint density at radius 3 is 2.29 bits per heavy atom. The second-order valence-electron chi connectivity index (χ2n) is 6.52. The van der Waals surface area contributed by atoms with Gasteiger partial charge in [0.2, 0.25) is 5.91 Å². The van der Waals surface area contributed by atoms with Crippen molar-refractivity contribution < 1.29 is 4.79 Å². The van der Waals surface area contributed by atoms with Crippen LogP contribution in [0.3, 0.4) is 0 Å². The van der Waals surface area contributed by atoms with Crippen LogP contribution in [0.15, 0.2) is 0 Å². The molecule has 2 fully saturated rings. The van der Waals surface area contributed by atoms with Crippen LogP contribution in [0.5, 0.6) is 0 Å². The Morgan fingerprint density at radius 1 is 1.24 bits per heavy atom. The fourth-order valence-corrected chi connectivity index (χ4v) is 2.89. The molecule has 0 aromatic carbocycles. The summed E-state index contributed by atoms with van der Waals surface area (Å²) in [5.41, 5.74) is 0. The van der Waals surface area contributed by atoms with Crippen LogP contribution in [-0.2, 0) is 4.79 Å². The van der Waals surface area contributed by atoms with Gasteiger partial charge in [0, 0.05) is 18.5 Å². The van der Waals surface area contributed by atoms with Crippen LogP contribution in [0.25, 0.3) is 0 Å². The molecule has 2 unspecified atom stereocenters. The fraction of sp³-hybridized carbons (Fsp3) is 0.933. The Morgan fingerprint density at radius 2 is 1.81 bits per heavy atom. The van der Waals surface area contributed by atoms with Gasteiger partial charge in [0.1, 0.15) is 0 Å². The maximum Gasteiger partial charge on any atom is 0.223 e. The summed E-state index contributed by atoms with van der Waals surface area (Å²) in [5, 5.41) is 6.36. The van der Waals surface area contributed by atoms with Crippen LogP contribution >= 0.6 is 24.8 Å². The zero-order valence-corrected chi connectivity index (χ0v) is 15.1. The Kier molecular flexibility index (Phi) is 9.87. The number of nitrogens with one attached hydrogen (secondary N) is 2. The van der Waals surface area contributed by atoms with Crippen LogP contribution in [0.1, 0.15) is 33.6 Å². The molecule has 2 aliphatic rings. The molecule has 0 saturated carbocycles. The molecule has 0 aliphatic carbocycles.